The van der Waals surface area contributed by atoms with Crippen LogP contribution in [0.1, 0.15) is 31.1 Å². The second-order valence-corrected chi connectivity index (χ2v) is 9.77. The standard InChI is InChI=1S/C28H26BN7O4/c1-28(2)25-19(29(38)40-28)11-12-23(34-25)33-24-14-21(32-22(16-37)17-8-4-3-5-9-17)18(15-31-24)26-35-36-27(39-26)20-10-6-7-13-30-20/h3-15,22,37-38H,16H2,1-2H3,(H2,31,32,33,34)/t22-/m1/s1. The van der Waals surface area contributed by atoms with Crippen molar-refractivity contribution in [1.29, 1.82) is 0 Å². The maximum Gasteiger partial charge on any atom is 0.493 e. The first-order chi connectivity index (χ1) is 19.4. The Hall–Kier alpha value is -4.65. The number of aliphatic hydroxyl groups is 1. The molecule has 6 rings (SSSR count). The fourth-order valence-corrected chi connectivity index (χ4v) is 4.60. The molecule has 12 heteroatoms. The number of pyridine rings is 3. The van der Waals surface area contributed by atoms with E-state index in [0.717, 1.165) is 5.56 Å². The molecular weight excluding hydrogens is 509 g/mol. The molecule has 0 spiro atoms. The Morgan fingerprint density at radius 1 is 0.950 bits per heavy atom. The van der Waals surface area contributed by atoms with Crippen LogP contribution >= 0.6 is 0 Å². The Labute approximate surface area is 230 Å². The summed E-state index contributed by atoms with van der Waals surface area (Å²) in [6.45, 7) is 3.56. The molecule has 4 aromatic heterocycles. The molecule has 0 aliphatic carbocycles. The third-order valence-electron chi connectivity index (χ3n) is 6.58. The van der Waals surface area contributed by atoms with Crippen LogP contribution in [0.4, 0.5) is 17.3 Å². The predicted octanol–water partition coefficient (Wildman–Crippen LogP) is 3.43. The molecule has 11 nitrogen and oxygen atoms in total. The molecule has 0 radical (unpaired) electrons. The van der Waals surface area contributed by atoms with Gasteiger partial charge in [0.15, 0.2) is 0 Å². The summed E-state index contributed by atoms with van der Waals surface area (Å²) in [4.78, 5) is 13.5. The molecule has 1 atom stereocenters. The second kappa shape index (κ2) is 10.5. The van der Waals surface area contributed by atoms with Gasteiger partial charge in [0.1, 0.15) is 17.3 Å². The number of aliphatic hydroxyl groups excluding tert-OH is 1. The Balaban J connectivity index is 1.36. The molecule has 0 bridgehead atoms. The Bertz CT molecular complexity index is 1630. The lowest BCUT2D eigenvalue weighted by atomic mass is 9.80. The van der Waals surface area contributed by atoms with E-state index >= 15 is 0 Å². The lowest BCUT2D eigenvalue weighted by Crippen LogP contribution is -2.28. The first kappa shape index (κ1) is 25.6. The van der Waals surface area contributed by atoms with Crippen molar-refractivity contribution in [2.45, 2.75) is 25.5 Å². The zero-order valence-electron chi connectivity index (χ0n) is 21.8. The first-order valence-corrected chi connectivity index (χ1v) is 12.7. The minimum Gasteiger partial charge on any atom is -0.423 e. The topological polar surface area (TPSA) is 151 Å². The van der Waals surface area contributed by atoms with Crippen LogP contribution in [-0.4, -0.2) is 49.0 Å². The van der Waals surface area contributed by atoms with Crippen LogP contribution in [0.15, 0.2) is 83.5 Å². The van der Waals surface area contributed by atoms with Crippen LogP contribution in [0.25, 0.3) is 23.0 Å². The van der Waals surface area contributed by atoms with E-state index in [2.05, 4.69) is 35.8 Å². The Kier molecular flexibility index (Phi) is 6.72. The number of hydrogen-bond acceptors (Lipinski definition) is 11. The van der Waals surface area contributed by atoms with Gasteiger partial charge in [-0.25, -0.2) is 9.97 Å². The van der Waals surface area contributed by atoms with E-state index in [1.165, 1.54) is 0 Å². The summed E-state index contributed by atoms with van der Waals surface area (Å²) in [5.41, 5.74) is 3.17. The number of nitrogens with zero attached hydrogens (tertiary/aromatic N) is 5. The van der Waals surface area contributed by atoms with Gasteiger partial charge in [0.05, 0.1) is 35.2 Å². The van der Waals surface area contributed by atoms with Crippen molar-refractivity contribution in [1.82, 2.24) is 25.1 Å². The number of hydrogen-bond donors (Lipinski definition) is 4. The largest absolute Gasteiger partial charge is 0.493 e. The van der Waals surface area contributed by atoms with Gasteiger partial charge in [-0.3, -0.25) is 4.98 Å². The van der Waals surface area contributed by atoms with E-state index in [1.54, 1.807) is 36.7 Å². The van der Waals surface area contributed by atoms with Crippen molar-refractivity contribution < 1.29 is 19.2 Å². The molecule has 200 valence electrons. The number of benzene rings is 1. The highest BCUT2D eigenvalue weighted by Crippen LogP contribution is 2.34. The summed E-state index contributed by atoms with van der Waals surface area (Å²) in [7, 11) is -1.02. The molecule has 0 saturated carbocycles. The van der Waals surface area contributed by atoms with Gasteiger partial charge >= 0.3 is 7.12 Å². The van der Waals surface area contributed by atoms with E-state index in [-0.39, 0.29) is 18.4 Å². The number of anilines is 3. The van der Waals surface area contributed by atoms with Crippen molar-refractivity contribution in [2.75, 3.05) is 17.2 Å². The summed E-state index contributed by atoms with van der Waals surface area (Å²) in [5.74, 6) is 1.55. The monoisotopic (exact) mass is 535 g/mol. The predicted molar refractivity (Wildman–Crippen MR) is 150 cm³/mol. The van der Waals surface area contributed by atoms with Crippen LogP contribution in [0.3, 0.4) is 0 Å². The molecule has 5 heterocycles. The van der Waals surface area contributed by atoms with Gasteiger partial charge in [-0.1, -0.05) is 42.5 Å². The molecule has 1 aliphatic rings. The molecule has 0 amide bonds. The smallest absolute Gasteiger partial charge is 0.423 e. The van der Waals surface area contributed by atoms with Gasteiger partial charge in [-0.15, -0.1) is 10.2 Å². The van der Waals surface area contributed by atoms with Gasteiger partial charge < -0.3 is 29.8 Å². The molecule has 5 aromatic rings. The highest BCUT2D eigenvalue weighted by molar-refractivity contribution is 6.61. The Morgan fingerprint density at radius 3 is 2.52 bits per heavy atom. The van der Waals surface area contributed by atoms with E-state index in [1.807, 2.05) is 56.3 Å². The molecular formula is C28H26BN7O4. The average molecular weight is 535 g/mol. The molecule has 0 fully saturated rings. The molecule has 0 saturated heterocycles. The van der Waals surface area contributed by atoms with E-state index in [4.69, 9.17) is 9.07 Å². The fraction of sp³-hybridized carbons (Fsp3) is 0.179. The summed E-state index contributed by atoms with van der Waals surface area (Å²) in [5, 5.41) is 35.5. The summed E-state index contributed by atoms with van der Waals surface area (Å²) in [6, 6.07) is 20.0. The van der Waals surface area contributed by atoms with Crippen molar-refractivity contribution in [2.24, 2.45) is 0 Å². The summed E-state index contributed by atoms with van der Waals surface area (Å²) >= 11 is 0. The van der Waals surface area contributed by atoms with Crippen molar-refractivity contribution >= 4 is 29.9 Å². The average Bonchev–Trinajstić information content (AvgIpc) is 3.55. The third-order valence-corrected chi connectivity index (χ3v) is 6.58. The second-order valence-electron chi connectivity index (χ2n) is 9.77. The molecule has 4 N–H and O–H groups in total. The Morgan fingerprint density at radius 2 is 1.75 bits per heavy atom. The minimum absolute atomic E-state index is 0.151. The van der Waals surface area contributed by atoms with Crippen LogP contribution in [0.2, 0.25) is 0 Å². The fourth-order valence-electron chi connectivity index (χ4n) is 4.60. The highest BCUT2D eigenvalue weighted by Gasteiger charge is 2.42. The lowest BCUT2D eigenvalue weighted by molar-refractivity contribution is 0.0970. The van der Waals surface area contributed by atoms with E-state index < -0.39 is 18.8 Å². The molecule has 0 unspecified atom stereocenters. The number of aromatic nitrogens is 5. The minimum atomic E-state index is -1.02. The number of rotatable bonds is 8. The van der Waals surface area contributed by atoms with Crippen molar-refractivity contribution in [3.8, 4) is 23.0 Å². The molecule has 1 aliphatic heterocycles. The maximum atomic E-state index is 10.2. The first-order valence-electron chi connectivity index (χ1n) is 12.7. The highest BCUT2D eigenvalue weighted by atomic mass is 16.5. The van der Waals surface area contributed by atoms with E-state index in [0.29, 0.717) is 39.7 Å². The maximum absolute atomic E-state index is 10.2. The van der Waals surface area contributed by atoms with Crippen molar-refractivity contribution in [3.05, 3.63) is 90.4 Å². The van der Waals surface area contributed by atoms with Crippen molar-refractivity contribution in [3.63, 3.8) is 0 Å². The normalized spacial score (nSPS) is 14.6. The SMILES string of the molecule is CC1(C)OB(O)c2ccc(Nc3cc(N[C@H](CO)c4ccccc4)c(-c4nnc(-c5ccccn5)o4)cn3)nc21. The van der Waals surface area contributed by atoms with Crippen LogP contribution < -0.4 is 16.1 Å². The molecule has 40 heavy (non-hydrogen) atoms. The summed E-state index contributed by atoms with van der Waals surface area (Å²) in [6.07, 6.45) is 3.27. The van der Waals surface area contributed by atoms with Gasteiger partial charge in [0, 0.05) is 23.9 Å². The van der Waals surface area contributed by atoms with Gasteiger partial charge in [0.2, 0.25) is 0 Å². The lowest BCUT2D eigenvalue weighted by Gasteiger charge is -2.21. The quantitative estimate of drug-likeness (QED) is 0.216. The zero-order valence-corrected chi connectivity index (χ0v) is 21.8. The van der Waals surface area contributed by atoms with Gasteiger partial charge in [-0.2, -0.15) is 0 Å². The molecule has 1 aromatic carbocycles. The number of nitrogens with one attached hydrogen (secondary N) is 2. The van der Waals surface area contributed by atoms with Crippen LogP contribution in [-0.2, 0) is 10.3 Å². The van der Waals surface area contributed by atoms with E-state index in [9.17, 15) is 10.1 Å². The van der Waals surface area contributed by atoms with Gasteiger partial charge in [-0.05, 0) is 37.6 Å². The number of fused-ring (bicyclic) bond motifs is 1. The zero-order chi connectivity index (χ0) is 27.7. The summed E-state index contributed by atoms with van der Waals surface area (Å²) < 4.78 is 11.6. The van der Waals surface area contributed by atoms with Crippen LogP contribution in [0, 0.1) is 0 Å². The van der Waals surface area contributed by atoms with Gasteiger partial charge in [0.25, 0.3) is 11.8 Å². The third kappa shape index (κ3) is 5.03. The van der Waals surface area contributed by atoms with Crippen LogP contribution in [0.5, 0.6) is 0 Å².